The third-order valence-electron chi connectivity index (χ3n) is 4.91. The molecule has 4 rings (SSSR count). The largest absolute Gasteiger partial charge is 0.476 e. The Morgan fingerprint density at radius 1 is 1.39 bits per heavy atom. The maximum absolute atomic E-state index is 11.0. The maximum atomic E-state index is 11.0. The highest BCUT2D eigenvalue weighted by atomic mass is 16.5. The number of ether oxygens (including phenoxy) is 1. The first-order chi connectivity index (χ1) is 8.77. The van der Waals surface area contributed by atoms with Gasteiger partial charge in [0.05, 0.1) is 0 Å². The van der Waals surface area contributed by atoms with E-state index in [0.717, 1.165) is 55.6 Å². The lowest BCUT2D eigenvalue weighted by molar-refractivity contribution is 0.0573. The summed E-state index contributed by atoms with van der Waals surface area (Å²) in [6.07, 6.45) is 3.22. The van der Waals surface area contributed by atoms with Crippen molar-refractivity contribution in [2.75, 3.05) is 13.2 Å². The molecule has 0 radical (unpaired) electrons. The van der Waals surface area contributed by atoms with Gasteiger partial charge in [0.15, 0.2) is 5.69 Å². The average molecular weight is 248 g/mol. The molecule has 1 saturated carbocycles. The van der Waals surface area contributed by atoms with Crippen molar-refractivity contribution < 1.29 is 14.6 Å². The second-order valence-corrected chi connectivity index (χ2v) is 5.69. The number of carbonyl (C=O) groups is 1. The Morgan fingerprint density at radius 3 is 2.89 bits per heavy atom. The molecule has 2 N–H and O–H groups in total. The van der Waals surface area contributed by atoms with Gasteiger partial charge in [0.2, 0.25) is 0 Å². The SMILES string of the molecule is O=C(O)c1n[nH]c2c1CC1C2C1C1CCOCC1. The van der Waals surface area contributed by atoms with E-state index in [9.17, 15) is 4.79 Å². The number of fused-ring (bicyclic) bond motifs is 3. The van der Waals surface area contributed by atoms with Gasteiger partial charge in [-0.05, 0) is 37.0 Å². The van der Waals surface area contributed by atoms with Gasteiger partial charge >= 0.3 is 5.97 Å². The lowest BCUT2D eigenvalue weighted by atomic mass is 9.89. The van der Waals surface area contributed by atoms with Crippen molar-refractivity contribution in [3.8, 4) is 0 Å². The molecule has 1 saturated heterocycles. The molecule has 3 atom stereocenters. The van der Waals surface area contributed by atoms with E-state index in [2.05, 4.69) is 10.2 Å². The minimum atomic E-state index is -0.906. The van der Waals surface area contributed by atoms with Gasteiger partial charge in [0.1, 0.15) is 0 Å². The smallest absolute Gasteiger partial charge is 0.356 e. The zero-order chi connectivity index (χ0) is 12.3. The van der Waals surface area contributed by atoms with Crippen LogP contribution in [-0.4, -0.2) is 34.5 Å². The minimum Gasteiger partial charge on any atom is -0.476 e. The summed E-state index contributed by atoms with van der Waals surface area (Å²) >= 11 is 0. The highest BCUT2D eigenvalue weighted by molar-refractivity contribution is 5.87. The predicted octanol–water partition coefficient (Wildman–Crippen LogP) is 1.42. The van der Waals surface area contributed by atoms with E-state index in [1.807, 2.05) is 0 Å². The Kier molecular flexibility index (Phi) is 2.09. The molecule has 1 aromatic heterocycles. The molecule has 5 heteroatoms. The summed E-state index contributed by atoms with van der Waals surface area (Å²) in [7, 11) is 0. The third kappa shape index (κ3) is 1.31. The van der Waals surface area contributed by atoms with Gasteiger partial charge in [-0.3, -0.25) is 5.10 Å². The van der Waals surface area contributed by atoms with E-state index >= 15 is 0 Å². The van der Waals surface area contributed by atoms with Crippen molar-refractivity contribution in [2.45, 2.75) is 25.2 Å². The number of aromatic carboxylic acids is 1. The maximum Gasteiger partial charge on any atom is 0.356 e. The lowest BCUT2D eigenvalue weighted by Crippen LogP contribution is -2.19. The van der Waals surface area contributed by atoms with Gasteiger partial charge in [0.25, 0.3) is 0 Å². The fourth-order valence-corrected chi connectivity index (χ4v) is 4.09. The number of hydrogen-bond acceptors (Lipinski definition) is 3. The van der Waals surface area contributed by atoms with E-state index in [1.54, 1.807) is 0 Å². The number of nitrogens with one attached hydrogen (secondary N) is 1. The van der Waals surface area contributed by atoms with Gasteiger partial charge in [-0.15, -0.1) is 0 Å². The molecule has 3 unspecified atom stereocenters. The number of nitrogens with zero attached hydrogens (tertiary/aromatic N) is 1. The highest BCUT2D eigenvalue weighted by Gasteiger charge is 2.60. The van der Waals surface area contributed by atoms with Crippen LogP contribution in [0.3, 0.4) is 0 Å². The molecule has 18 heavy (non-hydrogen) atoms. The molecule has 1 aliphatic heterocycles. The summed E-state index contributed by atoms with van der Waals surface area (Å²) in [6.45, 7) is 1.77. The van der Waals surface area contributed by atoms with Crippen LogP contribution in [0.15, 0.2) is 0 Å². The number of hydrogen-bond donors (Lipinski definition) is 2. The van der Waals surface area contributed by atoms with E-state index in [0.29, 0.717) is 11.8 Å². The number of aromatic amines is 1. The quantitative estimate of drug-likeness (QED) is 0.830. The van der Waals surface area contributed by atoms with Gasteiger partial charge in [-0.2, -0.15) is 5.10 Å². The van der Waals surface area contributed by atoms with E-state index in [-0.39, 0.29) is 5.69 Å². The number of H-pyrrole nitrogens is 1. The van der Waals surface area contributed by atoms with Gasteiger partial charge in [-0.1, -0.05) is 0 Å². The third-order valence-corrected chi connectivity index (χ3v) is 4.91. The van der Waals surface area contributed by atoms with Crippen LogP contribution >= 0.6 is 0 Å². The zero-order valence-electron chi connectivity index (χ0n) is 10.1. The van der Waals surface area contributed by atoms with Gasteiger partial charge in [-0.25, -0.2) is 4.79 Å². The molecule has 3 aliphatic rings. The molecule has 5 nitrogen and oxygen atoms in total. The van der Waals surface area contributed by atoms with Crippen LogP contribution in [-0.2, 0) is 11.2 Å². The van der Waals surface area contributed by atoms with Crippen molar-refractivity contribution in [3.05, 3.63) is 17.0 Å². The molecule has 0 bridgehead atoms. The second-order valence-electron chi connectivity index (χ2n) is 5.69. The van der Waals surface area contributed by atoms with Crippen LogP contribution in [0.4, 0.5) is 0 Å². The first-order valence-electron chi connectivity index (χ1n) is 6.65. The Bertz CT molecular complexity index is 504. The molecule has 1 aromatic rings. The minimum absolute atomic E-state index is 0.239. The molecule has 96 valence electrons. The fraction of sp³-hybridized carbons (Fsp3) is 0.692. The van der Waals surface area contributed by atoms with Gasteiger partial charge in [0, 0.05) is 30.4 Å². The fourth-order valence-electron chi connectivity index (χ4n) is 4.09. The molecule has 0 spiro atoms. The summed E-state index contributed by atoms with van der Waals surface area (Å²) < 4.78 is 5.41. The molecule has 0 amide bonds. The lowest BCUT2D eigenvalue weighted by Gasteiger charge is -2.23. The molecular weight excluding hydrogens is 232 g/mol. The Morgan fingerprint density at radius 2 is 2.17 bits per heavy atom. The van der Waals surface area contributed by atoms with Crippen molar-refractivity contribution in [1.82, 2.24) is 10.2 Å². The van der Waals surface area contributed by atoms with Crippen LogP contribution in [0.25, 0.3) is 0 Å². The molecule has 2 aliphatic carbocycles. The van der Waals surface area contributed by atoms with E-state index in [4.69, 9.17) is 9.84 Å². The predicted molar refractivity (Wildman–Crippen MR) is 62.5 cm³/mol. The second kappa shape index (κ2) is 3.57. The van der Waals surface area contributed by atoms with Gasteiger partial charge < -0.3 is 9.84 Å². The average Bonchev–Trinajstić information content (AvgIpc) is 2.75. The van der Waals surface area contributed by atoms with Crippen LogP contribution < -0.4 is 0 Å². The number of aromatic nitrogens is 2. The van der Waals surface area contributed by atoms with Crippen molar-refractivity contribution >= 4 is 5.97 Å². The van der Waals surface area contributed by atoms with Crippen LogP contribution in [0.1, 0.15) is 40.5 Å². The van der Waals surface area contributed by atoms with E-state index in [1.165, 1.54) is 0 Å². The normalized spacial score (nSPS) is 34.1. The number of carboxylic acid groups (broad SMARTS) is 1. The van der Waals surface area contributed by atoms with Crippen LogP contribution in [0, 0.1) is 17.8 Å². The number of rotatable bonds is 2. The molecular formula is C13H16N2O3. The summed E-state index contributed by atoms with van der Waals surface area (Å²) in [5.74, 6) is 1.80. The van der Waals surface area contributed by atoms with Crippen molar-refractivity contribution in [2.24, 2.45) is 17.8 Å². The molecule has 0 aromatic carbocycles. The summed E-state index contributed by atoms with van der Waals surface area (Å²) in [5.41, 5.74) is 2.30. The number of carboxylic acids is 1. The molecule has 2 heterocycles. The summed E-state index contributed by atoms with van der Waals surface area (Å²) in [5, 5.41) is 16.0. The topological polar surface area (TPSA) is 75.2 Å². The summed E-state index contributed by atoms with van der Waals surface area (Å²) in [6, 6.07) is 0. The zero-order valence-corrected chi connectivity index (χ0v) is 10.1. The monoisotopic (exact) mass is 248 g/mol. The Hall–Kier alpha value is -1.36. The van der Waals surface area contributed by atoms with Crippen LogP contribution in [0.5, 0.6) is 0 Å². The highest BCUT2D eigenvalue weighted by Crippen LogP contribution is 2.65. The van der Waals surface area contributed by atoms with Crippen molar-refractivity contribution in [1.29, 1.82) is 0 Å². The molecule has 2 fully saturated rings. The van der Waals surface area contributed by atoms with Crippen molar-refractivity contribution in [3.63, 3.8) is 0 Å². The standard InChI is InChI=1S/C13H16N2O3/c16-13(17)12-8-5-7-9(6-1-3-18-4-2-6)10(7)11(8)14-15-12/h6-7,9-10H,1-5H2,(H,14,15)(H,16,17). The van der Waals surface area contributed by atoms with Crippen LogP contribution in [0.2, 0.25) is 0 Å². The Labute approximate surface area is 105 Å². The summed E-state index contributed by atoms with van der Waals surface area (Å²) in [4.78, 5) is 11.0. The Balaban J connectivity index is 1.57. The van der Waals surface area contributed by atoms with E-state index < -0.39 is 5.97 Å². The first-order valence-corrected chi connectivity index (χ1v) is 6.65. The first kappa shape index (κ1) is 10.6.